The van der Waals surface area contributed by atoms with E-state index in [9.17, 15) is 4.79 Å². The highest BCUT2D eigenvalue weighted by atomic mass is 35.5. The Labute approximate surface area is 143 Å². The van der Waals surface area contributed by atoms with Crippen LogP contribution < -0.4 is 4.90 Å². The van der Waals surface area contributed by atoms with Gasteiger partial charge >= 0.3 is 5.97 Å². The van der Waals surface area contributed by atoms with Gasteiger partial charge in [-0.15, -0.1) is 0 Å². The summed E-state index contributed by atoms with van der Waals surface area (Å²) in [5.74, 6) is 1.86. The van der Waals surface area contributed by atoms with E-state index in [1.54, 1.807) is 13.0 Å². The number of esters is 1. The first-order chi connectivity index (χ1) is 10.9. The quantitative estimate of drug-likeness (QED) is 0.610. The fraction of sp³-hybridized carbons (Fsp3) is 0.588. The van der Waals surface area contributed by atoms with E-state index in [1.165, 1.54) is 5.92 Å². The van der Waals surface area contributed by atoms with Crippen molar-refractivity contribution in [2.24, 2.45) is 0 Å². The summed E-state index contributed by atoms with van der Waals surface area (Å²) in [4.78, 5) is 21.2. The van der Waals surface area contributed by atoms with Crippen LogP contribution in [0.2, 0.25) is 5.15 Å². The van der Waals surface area contributed by atoms with Gasteiger partial charge in [0.1, 0.15) is 11.0 Å². The third kappa shape index (κ3) is 4.58. The molecule has 1 saturated heterocycles. The zero-order chi connectivity index (χ0) is 17.0. The van der Waals surface area contributed by atoms with E-state index in [-0.39, 0.29) is 5.97 Å². The Morgan fingerprint density at radius 2 is 1.96 bits per heavy atom. The van der Waals surface area contributed by atoms with Crippen molar-refractivity contribution < 1.29 is 9.53 Å². The van der Waals surface area contributed by atoms with Crippen LogP contribution in [0.15, 0.2) is 6.07 Å². The monoisotopic (exact) mass is 338 g/mol. The summed E-state index contributed by atoms with van der Waals surface area (Å²) in [6.45, 7) is 13.1. The molecule has 0 atom stereocenters. The van der Waals surface area contributed by atoms with Crippen molar-refractivity contribution in [1.29, 1.82) is 0 Å². The maximum atomic E-state index is 12.1. The third-order valence-corrected chi connectivity index (χ3v) is 4.12. The molecular formula is C17H25ClN3O2. The predicted molar refractivity (Wildman–Crippen MR) is 93.2 cm³/mol. The van der Waals surface area contributed by atoms with Gasteiger partial charge in [-0.25, -0.2) is 9.78 Å². The van der Waals surface area contributed by atoms with Crippen molar-refractivity contribution in [3.63, 3.8) is 0 Å². The normalized spacial score (nSPS) is 16.0. The molecule has 0 saturated carbocycles. The summed E-state index contributed by atoms with van der Waals surface area (Å²) in [5, 5.41) is 0.328. The molecule has 0 unspecified atom stereocenters. The van der Waals surface area contributed by atoms with Gasteiger partial charge < -0.3 is 9.64 Å². The van der Waals surface area contributed by atoms with Gasteiger partial charge in [-0.2, -0.15) is 0 Å². The number of piperazine rings is 1. The average molecular weight is 339 g/mol. The number of nitrogens with zero attached hydrogens (tertiary/aromatic N) is 3. The molecule has 127 valence electrons. The number of hydrogen-bond acceptors (Lipinski definition) is 5. The molecule has 1 aliphatic rings. The first-order valence-electron chi connectivity index (χ1n) is 8.03. The Bertz CT molecular complexity index is 555. The molecule has 6 heteroatoms. The van der Waals surface area contributed by atoms with Crippen LogP contribution in [0.1, 0.15) is 36.7 Å². The van der Waals surface area contributed by atoms with Crippen LogP contribution in [-0.2, 0) is 4.74 Å². The minimum Gasteiger partial charge on any atom is -0.462 e. The van der Waals surface area contributed by atoms with E-state index >= 15 is 0 Å². The summed E-state index contributed by atoms with van der Waals surface area (Å²) in [6.07, 6.45) is 0. The van der Waals surface area contributed by atoms with Crippen molar-refractivity contribution in [1.82, 2.24) is 9.88 Å². The van der Waals surface area contributed by atoms with E-state index < -0.39 is 0 Å². The summed E-state index contributed by atoms with van der Waals surface area (Å²) in [5.41, 5.74) is 1.33. The topological polar surface area (TPSA) is 45.7 Å². The van der Waals surface area contributed by atoms with Gasteiger partial charge in [0.15, 0.2) is 0 Å². The summed E-state index contributed by atoms with van der Waals surface area (Å²) >= 11 is 6.12. The number of hydrogen-bond donors (Lipinski definition) is 0. The molecule has 2 heterocycles. The summed E-state index contributed by atoms with van der Waals surface area (Å²) in [7, 11) is 0. The number of ether oxygens (including phenoxy) is 1. The Balaban J connectivity index is 2.16. The number of halogens is 1. The smallest absolute Gasteiger partial charge is 0.338 e. The van der Waals surface area contributed by atoms with Gasteiger partial charge in [-0.05, 0) is 25.8 Å². The molecule has 0 aliphatic carbocycles. The van der Waals surface area contributed by atoms with Gasteiger partial charge in [-0.1, -0.05) is 25.4 Å². The number of anilines is 1. The largest absolute Gasteiger partial charge is 0.462 e. The molecule has 1 aromatic rings. The van der Waals surface area contributed by atoms with Gasteiger partial charge in [0.25, 0.3) is 0 Å². The second kappa shape index (κ2) is 7.97. The van der Waals surface area contributed by atoms with Gasteiger partial charge in [0.2, 0.25) is 0 Å². The Hall–Kier alpha value is -1.33. The Morgan fingerprint density at radius 1 is 1.30 bits per heavy atom. The molecule has 1 aliphatic heterocycles. The molecule has 2 rings (SSSR count). The van der Waals surface area contributed by atoms with Crippen molar-refractivity contribution in [3.05, 3.63) is 28.3 Å². The van der Waals surface area contributed by atoms with E-state index in [0.29, 0.717) is 17.3 Å². The Kier molecular flexibility index (Phi) is 6.25. The molecule has 0 spiro atoms. The van der Waals surface area contributed by atoms with Crippen LogP contribution in [0.3, 0.4) is 0 Å². The van der Waals surface area contributed by atoms with E-state index in [2.05, 4.69) is 28.6 Å². The highest BCUT2D eigenvalue weighted by molar-refractivity contribution is 6.30. The lowest BCUT2D eigenvalue weighted by Crippen LogP contribution is -2.47. The summed E-state index contributed by atoms with van der Waals surface area (Å²) in [6, 6.07) is 1.59. The van der Waals surface area contributed by atoms with Crippen molar-refractivity contribution >= 4 is 23.4 Å². The van der Waals surface area contributed by atoms with Crippen LogP contribution in [0.4, 0.5) is 5.82 Å². The molecular weight excluding hydrogens is 314 g/mol. The molecule has 1 radical (unpaired) electrons. The number of carbonyl (C=O) groups excluding carboxylic acids is 1. The second-order valence-electron chi connectivity index (χ2n) is 6.13. The van der Waals surface area contributed by atoms with Crippen LogP contribution in [0, 0.1) is 12.8 Å². The van der Waals surface area contributed by atoms with Crippen molar-refractivity contribution in [2.75, 3.05) is 44.2 Å². The SMILES string of the molecule is CCOC(=O)c1cc(Cl)nc(N2CCN(C[C](C)C)CC2)c1C. The summed E-state index contributed by atoms with van der Waals surface area (Å²) < 4.78 is 5.11. The average Bonchev–Trinajstić information content (AvgIpc) is 2.50. The van der Waals surface area contributed by atoms with E-state index in [1.807, 2.05) is 6.92 Å². The van der Waals surface area contributed by atoms with Gasteiger partial charge in [0.05, 0.1) is 12.2 Å². The molecule has 0 bridgehead atoms. The minimum atomic E-state index is -0.342. The molecule has 1 fully saturated rings. The first-order valence-corrected chi connectivity index (χ1v) is 8.40. The fourth-order valence-electron chi connectivity index (χ4n) is 2.86. The number of carbonyl (C=O) groups is 1. The number of pyridine rings is 1. The molecule has 0 aromatic carbocycles. The molecule has 5 nitrogen and oxygen atoms in total. The Morgan fingerprint density at radius 3 is 2.52 bits per heavy atom. The van der Waals surface area contributed by atoms with Crippen LogP contribution >= 0.6 is 11.6 Å². The molecule has 23 heavy (non-hydrogen) atoms. The highest BCUT2D eigenvalue weighted by Crippen LogP contribution is 2.26. The van der Waals surface area contributed by atoms with Crippen LogP contribution in [0.25, 0.3) is 0 Å². The lowest BCUT2D eigenvalue weighted by atomic mass is 10.1. The molecule has 1 aromatic heterocycles. The van der Waals surface area contributed by atoms with Crippen LogP contribution in [0.5, 0.6) is 0 Å². The van der Waals surface area contributed by atoms with Gasteiger partial charge in [-0.3, -0.25) is 4.90 Å². The first kappa shape index (κ1) is 18.0. The zero-order valence-electron chi connectivity index (χ0n) is 14.4. The molecule has 0 amide bonds. The third-order valence-electron chi connectivity index (χ3n) is 3.92. The van der Waals surface area contributed by atoms with E-state index in [0.717, 1.165) is 44.1 Å². The maximum absolute atomic E-state index is 12.1. The highest BCUT2D eigenvalue weighted by Gasteiger charge is 2.23. The number of rotatable bonds is 5. The predicted octanol–water partition coefficient (Wildman–Crippen LogP) is 2.96. The minimum absolute atomic E-state index is 0.328. The maximum Gasteiger partial charge on any atom is 0.338 e. The van der Waals surface area contributed by atoms with Crippen molar-refractivity contribution in [2.45, 2.75) is 27.7 Å². The van der Waals surface area contributed by atoms with Gasteiger partial charge in [0, 0.05) is 38.3 Å². The van der Waals surface area contributed by atoms with E-state index in [4.69, 9.17) is 16.3 Å². The second-order valence-corrected chi connectivity index (χ2v) is 6.52. The van der Waals surface area contributed by atoms with Crippen molar-refractivity contribution in [3.8, 4) is 0 Å². The molecule has 0 N–H and O–H groups in total. The van der Waals surface area contributed by atoms with Crippen LogP contribution in [-0.4, -0.2) is 55.2 Å². The number of aromatic nitrogens is 1. The standard InChI is InChI=1S/C17H25ClN3O2/c1-5-23-17(22)14-10-15(18)19-16(13(14)4)21-8-6-20(7-9-21)11-12(2)3/h10H,5-9,11H2,1-4H3. The zero-order valence-corrected chi connectivity index (χ0v) is 15.1. The lowest BCUT2D eigenvalue weighted by molar-refractivity contribution is 0.0525. The fourth-order valence-corrected chi connectivity index (χ4v) is 3.05. The lowest BCUT2D eigenvalue weighted by Gasteiger charge is -2.36.